The summed E-state index contributed by atoms with van der Waals surface area (Å²) in [5.74, 6) is -0.320. The number of pyridine rings is 1. The van der Waals surface area contributed by atoms with Crippen molar-refractivity contribution in [2.45, 2.75) is 26.8 Å². The smallest absolute Gasteiger partial charge is 0.251 e. The lowest BCUT2D eigenvalue weighted by Crippen LogP contribution is -2.23. The molecule has 2 amide bonds. The quantitative estimate of drug-likeness (QED) is 0.366. The average Bonchev–Trinajstić information content (AvgIpc) is 3.50. The molecule has 8 heteroatoms. The van der Waals surface area contributed by atoms with Crippen LogP contribution in [0.3, 0.4) is 0 Å². The summed E-state index contributed by atoms with van der Waals surface area (Å²) < 4.78 is 3.58. The number of nitrogens with one attached hydrogen (secondary N) is 2. The first kappa shape index (κ1) is 23.0. The van der Waals surface area contributed by atoms with E-state index >= 15 is 0 Å². The first-order chi connectivity index (χ1) is 17.4. The standard InChI is InChI=1S/C28H26N6O2/c1-19-6-3-8-21(12-19)13-26(35)31-24-16-30-34(18-24)25-10-4-9-22(14-25)28(36)29-15-23-17-33-11-5-7-20(2)27(33)32-23/h3-12,14,16-18H,13,15H2,1-2H3,(H,29,36)(H,31,35). The van der Waals surface area contributed by atoms with Gasteiger partial charge in [0.2, 0.25) is 5.91 Å². The van der Waals surface area contributed by atoms with Crippen LogP contribution in [0.4, 0.5) is 5.69 Å². The molecular formula is C28H26N6O2. The lowest BCUT2D eigenvalue weighted by atomic mass is 10.1. The minimum absolute atomic E-state index is 0.115. The number of anilines is 1. The largest absolute Gasteiger partial charge is 0.346 e. The number of fused-ring (bicyclic) bond motifs is 1. The molecule has 0 unspecified atom stereocenters. The molecule has 0 atom stereocenters. The SMILES string of the molecule is Cc1cccc(CC(=O)Nc2cnn(-c3cccc(C(=O)NCc4cn5cccc(C)c5n4)c3)c2)c1. The number of benzene rings is 2. The highest BCUT2D eigenvalue weighted by atomic mass is 16.2. The third-order valence-electron chi connectivity index (χ3n) is 5.84. The van der Waals surface area contributed by atoms with Gasteiger partial charge in [-0.1, -0.05) is 42.0 Å². The molecule has 0 radical (unpaired) electrons. The van der Waals surface area contributed by atoms with Crippen molar-refractivity contribution in [2.24, 2.45) is 0 Å². The van der Waals surface area contributed by atoms with Gasteiger partial charge in [0.05, 0.1) is 42.4 Å². The number of aryl methyl sites for hydroxylation is 2. The predicted octanol–water partition coefficient (Wildman–Crippen LogP) is 4.25. The number of amides is 2. The molecule has 0 aliphatic carbocycles. The van der Waals surface area contributed by atoms with Gasteiger partial charge in [0.25, 0.3) is 5.91 Å². The molecule has 8 nitrogen and oxygen atoms in total. The van der Waals surface area contributed by atoms with E-state index in [9.17, 15) is 9.59 Å². The van der Waals surface area contributed by atoms with Gasteiger partial charge in [-0.15, -0.1) is 0 Å². The number of aromatic nitrogens is 4. The first-order valence-electron chi connectivity index (χ1n) is 11.7. The zero-order valence-corrected chi connectivity index (χ0v) is 20.1. The van der Waals surface area contributed by atoms with E-state index in [2.05, 4.69) is 20.7 Å². The molecule has 2 aromatic carbocycles. The minimum atomic E-state index is -0.204. The van der Waals surface area contributed by atoms with Gasteiger partial charge >= 0.3 is 0 Å². The lowest BCUT2D eigenvalue weighted by molar-refractivity contribution is -0.115. The minimum Gasteiger partial charge on any atom is -0.346 e. The third kappa shape index (κ3) is 5.17. The number of carbonyl (C=O) groups is 2. The Labute approximate surface area is 208 Å². The van der Waals surface area contributed by atoms with Crippen LogP contribution in [0.25, 0.3) is 11.3 Å². The van der Waals surface area contributed by atoms with Gasteiger partial charge in [0, 0.05) is 18.0 Å². The van der Waals surface area contributed by atoms with E-state index in [0.29, 0.717) is 23.5 Å². The highest BCUT2D eigenvalue weighted by Crippen LogP contribution is 2.15. The molecule has 0 saturated heterocycles. The van der Waals surface area contributed by atoms with Crippen molar-refractivity contribution < 1.29 is 9.59 Å². The fraction of sp³-hybridized carbons (Fsp3) is 0.143. The van der Waals surface area contributed by atoms with Gasteiger partial charge in [-0.2, -0.15) is 5.10 Å². The fourth-order valence-electron chi connectivity index (χ4n) is 4.09. The molecular weight excluding hydrogens is 452 g/mol. The number of rotatable bonds is 7. The molecule has 0 aliphatic heterocycles. The molecule has 3 aromatic heterocycles. The van der Waals surface area contributed by atoms with E-state index in [4.69, 9.17) is 0 Å². The van der Waals surface area contributed by atoms with Gasteiger partial charge in [-0.3, -0.25) is 9.59 Å². The zero-order chi connectivity index (χ0) is 25.1. The predicted molar refractivity (Wildman–Crippen MR) is 138 cm³/mol. The fourth-order valence-corrected chi connectivity index (χ4v) is 4.09. The first-order valence-corrected chi connectivity index (χ1v) is 11.7. The summed E-state index contributed by atoms with van der Waals surface area (Å²) in [6.45, 7) is 4.33. The van der Waals surface area contributed by atoms with Gasteiger partial charge in [0.15, 0.2) is 0 Å². The van der Waals surface area contributed by atoms with Crippen LogP contribution in [-0.2, 0) is 17.8 Å². The molecule has 0 spiro atoms. The van der Waals surface area contributed by atoms with Gasteiger partial charge in [0.1, 0.15) is 5.65 Å². The number of hydrogen-bond acceptors (Lipinski definition) is 4. The second kappa shape index (κ2) is 9.87. The summed E-state index contributed by atoms with van der Waals surface area (Å²) in [5, 5.41) is 10.2. The number of carbonyl (C=O) groups excluding carboxylic acids is 2. The van der Waals surface area contributed by atoms with Crippen LogP contribution in [0, 0.1) is 13.8 Å². The van der Waals surface area contributed by atoms with E-state index in [1.54, 1.807) is 35.3 Å². The molecule has 36 heavy (non-hydrogen) atoms. The number of imidazole rings is 1. The van der Waals surface area contributed by atoms with Crippen molar-refractivity contribution in [1.29, 1.82) is 0 Å². The highest BCUT2D eigenvalue weighted by molar-refractivity contribution is 5.94. The van der Waals surface area contributed by atoms with Crippen molar-refractivity contribution >= 4 is 23.1 Å². The van der Waals surface area contributed by atoms with E-state index in [0.717, 1.165) is 28.0 Å². The molecule has 2 N–H and O–H groups in total. The van der Waals surface area contributed by atoms with Crippen molar-refractivity contribution in [3.63, 3.8) is 0 Å². The Kier molecular flexibility index (Phi) is 6.32. The Bertz CT molecular complexity index is 1570. The Hall–Kier alpha value is -4.72. The normalized spacial score (nSPS) is 10.9. The average molecular weight is 479 g/mol. The number of hydrogen-bond donors (Lipinski definition) is 2. The van der Waals surface area contributed by atoms with Crippen LogP contribution in [0.5, 0.6) is 0 Å². The van der Waals surface area contributed by atoms with Gasteiger partial charge in [-0.25, -0.2) is 9.67 Å². The molecule has 0 aliphatic rings. The van der Waals surface area contributed by atoms with Crippen LogP contribution in [0.2, 0.25) is 0 Å². The summed E-state index contributed by atoms with van der Waals surface area (Å²) >= 11 is 0. The molecule has 0 saturated carbocycles. The molecule has 5 rings (SSSR count). The van der Waals surface area contributed by atoms with Crippen molar-refractivity contribution in [3.8, 4) is 5.69 Å². The monoisotopic (exact) mass is 478 g/mol. The van der Waals surface area contributed by atoms with Crippen molar-refractivity contribution in [3.05, 3.63) is 113 Å². The summed E-state index contributed by atoms with van der Waals surface area (Å²) in [7, 11) is 0. The molecule has 5 aromatic rings. The Morgan fingerprint density at radius 2 is 1.83 bits per heavy atom. The Morgan fingerprint density at radius 3 is 2.67 bits per heavy atom. The maximum atomic E-state index is 12.8. The molecule has 180 valence electrons. The molecule has 3 heterocycles. The number of nitrogens with zero attached hydrogens (tertiary/aromatic N) is 4. The third-order valence-corrected chi connectivity index (χ3v) is 5.84. The Balaban J connectivity index is 1.22. The summed E-state index contributed by atoms with van der Waals surface area (Å²) in [6, 6.07) is 19.0. The second-order valence-corrected chi connectivity index (χ2v) is 8.77. The summed E-state index contributed by atoms with van der Waals surface area (Å²) in [6.07, 6.45) is 7.45. The lowest BCUT2D eigenvalue weighted by Gasteiger charge is -2.06. The molecule has 0 bridgehead atoms. The van der Waals surface area contributed by atoms with Crippen LogP contribution in [0.15, 0.2) is 85.5 Å². The van der Waals surface area contributed by atoms with E-state index in [-0.39, 0.29) is 18.2 Å². The van der Waals surface area contributed by atoms with E-state index in [1.165, 1.54) is 0 Å². The highest BCUT2D eigenvalue weighted by Gasteiger charge is 2.11. The second-order valence-electron chi connectivity index (χ2n) is 8.77. The van der Waals surface area contributed by atoms with Gasteiger partial charge < -0.3 is 15.0 Å². The zero-order valence-electron chi connectivity index (χ0n) is 20.1. The van der Waals surface area contributed by atoms with Crippen molar-refractivity contribution in [1.82, 2.24) is 24.5 Å². The van der Waals surface area contributed by atoms with Crippen LogP contribution >= 0.6 is 0 Å². The van der Waals surface area contributed by atoms with Crippen molar-refractivity contribution in [2.75, 3.05) is 5.32 Å². The van der Waals surface area contributed by atoms with Crippen LogP contribution in [-0.4, -0.2) is 31.0 Å². The molecule has 0 fully saturated rings. The van der Waals surface area contributed by atoms with Gasteiger partial charge in [-0.05, 0) is 49.2 Å². The summed E-state index contributed by atoms with van der Waals surface area (Å²) in [4.78, 5) is 29.8. The summed E-state index contributed by atoms with van der Waals surface area (Å²) in [5.41, 5.74) is 6.62. The topological polar surface area (TPSA) is 93.3 Å². The Morgan fingerprint density at radius 1 is 0.972 bits per heavy atom. The maximum absolute atomic E-state index is 12.8. The van der Waals surface area contributed by atoms with Crippen LogP contribution in [0.1, 0.15) is 32.7 Å². The van der Waals surface area contributed by atoms with E-state index < -0.39 is 0 Å². The van der Waals surface area contributed by atoms with E-state index in [1.807, 2.05) is 73.1 Å². The maximum Gasteiger partial charge on any atom is 0.251 e. The van der Waals surface area contributed by atoms with Crippen LogP contribution < -0.4 is 10.6 Å².